The lowest BCUT2D eigenvalue weighted by atomic mass is 10.1. The third kappa shape index (κ3) is 4.24. The van der Waals surface area contributed by atoms with Gasteiger partial charge in [-0.15, -0.1) is 0 Å². The minimum absolute atomic E-state index is 0.0355. The van der Waals surface area contributed by atoms with Crippen LogP contribution in [0.4, 0.5) is 4.39 Å². The first kappa shape index (κ1) is 19.7. The summed E-state index contributed by atoms with van der Waals surface area (Å²) in [5, 5.41) is 0. The Kier molecular flexibility index (Phi) is 5.82. The van der Waals surface area contributed by atoms with Gasteiger partial charge in [0.2, 0.25) is 0 Å². The summed E-state index contributed by atoms with van der Waals surface area (Å²) >= 11 is 0. The molecule has 0 atom stereocenters. The molecule has 0 saturated heterocycles. The van der Waals surface area contributed by atoms with E-state index in [-0.39, 0.29) is 17.8 Å². The number of rotatable bonds is 6. The number of carbonyl (C=O) groups excluding carboxylic acids is 1. The molecule has 3 aromatic rings. The molecule has 0 spiro atoms. The minimum Gasteiger partial charge on any atom is -0.340 e. The lowest BCUT2D eigenvalue weighted by molar-refractivity contribution is 0.0684. The Hall–Kier alpha value is -3.09. The number of aromatic nitrogens is 4. The molecule has 7 heteroatoms. The average Bonchev–Trinajstić information content (AvgIpc) is 3.13. The van der Waals surface area contributed by atoms with Gasteiger partial charge in [-0.05, 0) is 38.0 Å². The Labute approximate surface area is 164 Å². The van der Waals surface area contributed by atoms with Crippen LogP contribution in [0, 0.1) is 5.82 Å². The van der Waals surface area contributed by atoms with E-state index >= 15 is 0 Å². The van der Waals surface area contributed by atoms with Crippen LogP contribution in [0.3, 0.4) is 0 Å². The van der Waals surface area contributed by atoms with Gasteiger partial charge < -0.3 is 9.47 Å². The van der Waals surface area contributed by atoms with Crippen molar-refractivity contribution in [2.45, 2.75) is 39.8 Å². The van der Waals surface area contributed by atoms with Crippen molar-refractivity contribution in [1.82, 2.24) is 24.4 Å². The van der Waals surface area contributed by atoms with Gasteiger partial charge >= 0.3 is 0 Å². The second-order valence-electron chi connectivity index (χ2n) is 7.01. The Bertz CT molecular complexity index is 965. The van der Waals surface area contributed by atoms with Crippen molar-refractivity contribution in [3.8, 4) is 11.3 Å². The van der Waals surface area contributed by atoms with E-state index in [1.54, 1.807) is 46.5 Å². The van der Waals surface area contributed by atoms with Crippen LogP contribution in [-0.4, -0.2) is 36.4 Å². The van der Waals surface area contributed by atoms with Crippen LogP contribution >= 0.6 is 0 Å². The maximum absolute atomic E-state index is 14.4. The second-order valence-corrected chi connectivity index (χ2v) is 7.01. The predicted molar refractivity (Wildman–Crippen MR) is 105 cm³/mol. The van der Waals surface area contributed by atoms with Crippen molar-refractivity contribution in [3.63, 3.8) is 0 Å². The van der Waals surface area contributed by atoms with Crippen molar-refractivity contribution in [1.29, 1.82) is 0 Å². The first-order valence-electron chi connectivity index (χ1n) is 9.27. The molecule has 2 heterocycles. The topological polar surface area (TPSA) is 63.9 Å². The zero-order valence-electron chi connectivity index (χ0n) is 16.6. The van der Waals surface area contributed by atoms with Gasteiger partial charge in [0, 0.05) is 37.6 Å². The van der Waals surface area contributed by atoms with Crippen molar-refractivity contribution in [2.24, 2.45) is 7.05 Å². The van der Waals surface area contributed by atoms with Crippen LogP contribution in [0.5, 0.6) is 0 Å². The van der Waals surface area contributed by atoms with Crippen LogP contribution in [0.1, 0.15) is 42.5 Å². The summed E-state index contributed by atoms with van der Waals surface area (Å²) in [4.78, 5) is 27.3. The smallest absolute Gasteiger partial charge is 0.274 e. The zero-order chi connectivity index (χ0) is 20.3. The molecular weight excluding hydrogens is 357 g/mol. The Balaban J connectivity index is 1.88. The number of benzene rings is 1. The van der Waals surface area contributed by atoms with Gasteiger partial charge in [-0.2, -0.15) is 0 Å². The number of halogens is 1. The van der Waals surface area contributed by atoms with Crippen molar-refractivity contribution in [3.05, 3.63) is 65.9 Å². The molecule has 0 saturated carbocycles. The quantitative estimate of drug-likeness (QED) is 0.654. The summed E-state index contributed by atoms with van der Waals surface area (Å²) < 4.78 is 16.1. The molecular formula is C21H24FN5O. The van der Waals surface area contributed by atoms with E-state index in [2.05, 4.69) is 15.0 Å². The molecule has 6 nitrogen and oxygen atoms in total. The fraction of sp³-hybridized carbons (Fsp3) is 0.333. The monoisotopic (exact) mass is 381 g/mol. The summed E-state index contributed by atoms with van der Waals surface area (Å²) in [6.45, 7) is 6.23. The van der Waals surface area contributed by atoms with Gasteiger partial charge in [-0.1, -0.05) is 13.0 Å². The molecule has 2 aromatic heterocycles. The highest BCUT2D eigenvalue weighted by Crippen LogP contribution is 2.23. The number of nitrogens with zero attached hydrogens (tertiary/aromatic N) is 5. The number of aryl methyl sites for hydroxylation is 2. The van der Waals surface area contributed by atoms with Gasteiger partial charge in [0.15, 0.2) is 0 Å². The summed E-state index contributed by atoms with van der Waals surface area (Å²) in [5.74, 6) is -0.525. The molecule has 0 bridgehead atoms. The summed E-state index contributed by atoms with van der Waals surface area (Å²) in [6, 6.07) is 4.79. The van der Waals surface area contributed by atoms with E-state index in [1.807, 2.05) is 27.8 Å². The zero-order valence-corrected chi connectivity index (χ0v) is 16.6. The molecule has 0 aliphatic heterocycles. The molecule has 0 aliphatic carbocycles. The third-order valence-corrected chi connectivity index (χ3v) is 4.54. The van der Waals surface area contributed by atoms with E-state index in [1.165, 1.54) is 6.07 Å². The summed E-state index contributed by atoms with van der Waals surface area (Å²) in [5.41, 5.74) is 2.91. The number of carbonyl (C=O) groups is 1. The van der Waals surface area contributed by atoms with E-state index in [0.717, 1.165) is 17.7 Å². The van der Waals surface area contributed by atoms with Crippen LogP contribution in [-0.2, 0) is 20.0 Å². The van der Waals surface area contributed by atoms with Gasteiger partial charge in [0.1, 0.15) is 11.5 Å². The first-order chi connectivity index (χ1) is 13.4. The fourth-order valence-corrected chi connectivity index (χ4v) is 2.90. The lowest BCUT2D eigenvalue weighted by Crippen LogP contribution is -2.36. The second kappa shape index (κ2) is 8.29. The highest BCUT2D eigenvalue weighted by Gasteiger charge is 2.21. The van der Waals surface area contributed by atoms with Crippen LogP contribution < -0.4 is 0 Å². The van der Waals surface area contributed by atoms with E-state index in [4.69, 9.17) is 0 Å². The highest BCUT2D eigenvalue weighted by atomic mass is 19.1. The largest absolute Gasteiger partial charge is 0.340 e. The SMILES string of the molecule is CCc1cnc(-c2cc(CN(C(=O)c3cn(C)cn3)C(C)C)ccc2F)cn1. The molecule has 0 fully saturated rings. The highest BCUT2D eigenvalue weighted by molar-refractivity contribution is 5.92. The standard InChI is InChI=1S/C21H24FN5O/c1-5-16-9-24-19(10-23-16)17-8-15(6-7-18(17)22)11-27(14(2)3)21(28)20-12-26(4)13-25-20/h6-10,12-14H,5,11H2,1-4H3. The van der Waals surface area contributed by atoms with Gasteiger partial charge in [0.05, 0.1) is 23.9 Å². The number of hydrogen-bond acceptors (Lipinski definition) is 4. The minimum atomic E-state index is -0.366. The van der Waals surface area contributed by atoms with Gasteiger partial charge in [-0.3, -0.25) is 14.8 Å². The molecule has 0 aliphatic rings. The maximum atomic E-state index is 14.4. The third-order valence-electron chi connectivity index (χ3n) is 4.54. The predicted octanol–water partition coefficient (Wildman–Crippen LogP) is 3.63. The normalized spacial score (nSPS) is 11.1. The first-order valence-corrected chi connectivity index (χ1v) is 9.27. The molecule has 28 heavy (non-hydrogen) atoms. The van der Waals surface area contributed by atoms with Crippen molar-refractivity contribution < 1.29 is 9.18 Å². The van der Waals surface area contributed by atoms with Crippen molar-refractivity contribution in [2.75, 3.05) is 0 Å². The average molecular weight is 381 g/mol. The molecule has 146 valence electrons. The molecule has 0 unspecified atom stereocenters. The summed E-state index contributed by atoms with van der Waals surface area (Å²) in [6.07, 6.45) is 7.31. The molecule has 0 radical (unpaired) electrons. The summed E-state index contributed by atoms with van der Waals surface area (Å²) in [7, 11) is 1.82. The Morgan fingerprint density at radius 1 is 1.21 bits per heavy atom. The molecule has 3 rings (SSSR count). The van der Waals surface area contributed by atoms with E-state index < -0.39 is 0 Å². The van der Waals surface area contributed by atoms with Crippen LogP contribution in [0.15, 0.2) is 43.1 Å². The van der Waals surface area contributed by atoms with Gasteiger partial charge in [-0.25, -0.2) is 9.37 Å². The van der Waals surface area contributed by atoms with E-state index in [9.17, 15) is 9.18 Å². The van der Waals surface area contributed by atoms with Crippen LogP contribution in [0.25, 0.3) is 11.3 Å². The molecule has 1 amide bonds. The number of amides is 1. The number of hydrogen-bond donors (Lipinski definition) is 0. The Morgan fingerprint density at radius 3 is 2.57 bits per heavy atom. The van der Waals surface area contributed by atoms with Gasteiger partial charge in [0.25, 0.3) is 5.91 Å². The number of imidazole rings is 1. The lowest BCUT2D eigenvalue weighted by Gasteiger charge is -2.26. The van der Waals surface area contributed by atoms with E-state index in [0.29, 0.717) is 23.5 Å². The Morgan fingerprint density at radius 2 is 2.00 bits per heavy atom. The van der Waals surface area contributed by atoms with Crippen LogP contribution in [0.2, 0.25) is 0 Å². The van der Waals surface area contributed by atoms with Crippen molar-refractivity contribution >= 4 is 5.91 Å². The molecule has 0 N–H and O–H groups in total. The molecule has 1 aromatic carbocycles. The maximum Gasteiger partial charge on any atom is 0.274 e. The fourth-order valence-electron chi connectivity index (χ4n) is 2.90.